The highest BCUT2D eigenvalue weighted by atomic mass is 16.5. The number of carboxylic acid groups (broad SMARTS) is 2. The van der Waals surface area contributed by atoms with Gasteiger partial charge in [-0.2, -0.15) is 0 Å². The number of ether oxygens (including phenoxy) is 1. The van der Waals surface area contributed by atoms with Crippen LogP contribution in [0.2, 0.25) is 0 Å². The van der Waals surface area contributed by atoms with Crippen LogP contribution in [-0.4, -0.2) is 59.9 Å². The summed E-state index contributed by atoms with van der Waals surface area (Å²) in [5.74, 6) is -2.22. The number of hydrogen-bond donors (Lipinski definition) is 2. The minimum absolute atomic E-state index is 0.0287. The van der Waals surface area contributed by atoms with Crippen molar-refractivity contribution in [2.45, 2.75) is 26.7 Å². The van der Waals surface area contributed by atoms with Crippen LogP contribution in [-0.2, 0) is 14.3 Å². The average molecular weight is 261 g/mol. The summed E-state index contributed by atoms with van der Waals surface area (Å²) in [5, 5.41) is 17.5. The average Bonchev–Trinajstić information content (AvgIpc) is 2.30. The van der Waals surface area contributed by atoms with Crippen LogP contribution in [0.15, 0.2) is 0 Å². The summed E-state index contributed by atoms with van der Waals surface area (Å²) in [6.07, 6.45) is 0.806. The Labute approximate surface area is 108 Å². The predicted octanol–water partition coefficient (Wildman–Crippen LogP) is 0.910. The molecule has 1 atom stereocenters. The summed E-state index contributed by atoms with van der Waals surface area (Å²) < 4.78 is 5.20. The molecule has 0 aromatic rings. The van der Waals surface area contributed by atoms with Crippen LogP contribution in [0, 0.1) is 5.92 Å². The molecule has 0 amide bonds. The highest BCUT2D eigenvalue weighted by molar-refractivity contribution is 5.69. The molecule has 6 nitrogen and oxygen atoms in total. The summed E-state index contributed by atoms with van der Waals surface area (Å²) in [6.45, 7) is 6.20. The smallest absolute Gasteiger partial charge is 0.307 e. The Morgan fingerprint density at radius 2 is 1.94 bits per heavy atom. The molecule has 0 saturated carbocycles. The molecule has 106 valence electrons. The lowest BCUT2D eigenvalue weighted by atomic mass is 10.1. The third-order valence-corrected chi connectivity index (χ3v) is 2.56. The highest BCUT2D eigenvalue weighted by Crippen LogP contribution is 2.03. The third kappa shape index (κ3) is 8.95. The fraction of sp³-hybridized carbons (Fsp3) is 0.833. The van der Waals surface area contributed by atoms with Crippen LogP contribution in [0.3, 0.4) is 0 Å². The first-order valence-corrected chi connectivity index (χ1v) is 6.22. The maximum atomic E-state index is 10.8. The molecule has 6 heteroatoms. The van der Waals surface area contributed by atoms with E-state index in [1.165, 1.54) is 0 Å². The van der Waals surface area contributed by atoms with Gasteiger partial charge in [-0.3, -0.25) is 9.59 Å². The molecular weight excluding hydrogens is 238 g/mol. The quantitative estimate of drug-likeness (QED) is 0.538. The van der Waals surface area contributed by atoms with Gasteiger partial charge >= 0.3 is 11.9 Å². The lowest BCUT2D eigenvalue weighted by Gasteiger charge is -2.23. The second kappa shape index (κ2) is 9.85. The molecule has 0 aromatic heterocycles. The van der Waals surface area contributed by atoms with Gasteiger partial charge in [0.1, 0.15) is 0 Å². The van der Waals surface area contributed by atoms with Crippen molar-refractivity contribution in [3.05, 3.63) is 0 Å². The van der Waals surface area contributed by atoms with Gasteiger partial charge in [0.2, 0.25) is 0 Å². The van der Waals surface area contributed by atoms with E-state index in [4.69, 9.17) is 14.9 Å². The maximum Gasteiger partial charge on any atom is 0.307 e. The molecule has 0 aromatic carbocycles. The zero-order chi connectivity index (χ0) is 14.0. The minimum Gasteiger partial charge on any atom is -0.481 e. The van der Waals surface area contributed by atoms with E-state index in [1.54, 1.807) is 6.92 Å². The molecule has 0 aliphatic carbocycles. The van der Waals surface area contributed by atoms with Gasteiger partial charge in [0.25, 0.3) is 0 Å². The number of aliphatic carboxylic acids is 2. The molecule has 0 spiro atoms. The molecule has 0 saturated heterocycles. The Balaban J connectivity index is 4.06. The van der Waals surface area contributed by atoms with Gasteiger partial charge < -0.3 is 19.8 Å². The highest BCUT2D eigenvalue weighted by Gasteiger charge is 2.16. The van der Waals surface area contributed by atoms with E-state index in [0.29, 0.717) is 32.8 Å². The van der Waals surface area contributed by atoms with E-state index in [0.717, 1.165) is 6.42 Å². The number of carboxylic acids is 2. The molecule has 0 bridgehead atoms. The Bertz CT molecular complexity index is 257. The van der Waals surface area contributed by atoms with E-state index in [2.05, 4.69) is 0 Å². The Morgan fingerprint density at radius 1 is 1.28 bits per heavy atom. The van der Waals surface area contributed by atoms with Crippen LogP contribution >= 0.6 is 0 Å². The molecule has 18 heavy (non-hydrogen) atoms. The lowest BCUT2D eigenvalue weighted by Crippen LogP contribution is -2.34. The molecule has 0 heterocycles. The van der Waals surface area contributed by atoms with Gasteiger partial charge in [-0.15, -0.1) is 0 Å². The Kier molecular flexibility index (Phi) is 9.22. The molecule has 0 aliphatic rings. The van der Waals surface area contributed by atoms with E-state index in [1.807, 2.05) is 11.8 Å². The van der Waals surface area contributed by atoms with Gasteiger partial charge in [-0.25, -0.2) is 0 Å². The summed E-state index contributed by atoms with van der Waals surface area (Å²) in [7, 11) is 0. The summed E-state index contributed by atoms with van der Waals surface area (Å²) in [5.41, 5.74) is 0. The van der Waals surface area contributed by atoms with Crippen molar-refractivity contribution >= 4 is 11.9 Å². The number of rotatable bonds is 11. The third-order valence-electron chi connectivity index (χ3n) is 2.56. The second-order valence-corrected chi connectivity index (χ2v) is 4.23. The second-order valence-electron chi connectivity index (χ2n) is 4.23. The van der Waals surface area contributed by atoms with Crippen molar-refractivity contribution in [1.82, 2.24) is 4.90 Å². The van der Waals surface area contributed by atoms with Crippen LogP contribution in [0.1, 0.15) is 26.7 Å². The molecular formula is C12H23NO5. The predicted molar refractivity (Wildman–Crippen MR) is 66.6 cm³/mol. The first-order valence-electron chi connectivity index (χ1n) is 6.22. The van der Waals surface area contributed by atoms with E-state index < -0.39 is 17.9 Å². The van der Waals surface area contributed by atoms with Gasteiger partial charge in [-0.1, -0.05) is 6.92 Å². The molecule has 2 N–H and O–H groups in total. The topological polar surface area (TPSA) is 87.1 Å². The molecule has 1 unspecified atom stereocenters. The monoisotopic (exact) mass is 261 g/mol. The van der Waals surface area contributed by atoms with E-state index in [9.17, 15) is 9.59 Å². The normalized spacial score (nSPS) is 12.6. The Hall–Kier alpha value is -1.14. The van der Waals surface area contributed by atoms with Crippen LogP contribution < -0.4 is 0 Å². The van der Waals surface area contributed by atoms with Crippen molar-refractivity contribution in [1.29, 1.82) is 0 Å². The van der Waals surface area contributed by atoms with Gasteiger partial charge in [0.15, 0.2) is 0 Å². The first kappa shape index (κ1) is 16.9. The van der Waals surface area contributed by atoms with Crippen molar-refractivity contribution in [3.63, 3.8) is 0 Å². The molecule has 0 aliphatic heterocycles. The fourth-order valence-corrected chi connectivity index (χ4v) is 1.55. The molecule has 0 rings (SSSR count). The van der Waals surface area contributed by atoms with Gasteiger partial charge in [-0.05, 0) is 13.3 Å². The van der Waals surface area contributed by atoms with E-state index in [-0.39, 0.29) is 6.42 Å². The number of nitrogens with zero attached hydrogens (tertiary/aromatic N) is 1. The molecule has 0 radical (unpaired) electrons. The number of hydrogen-bond acceptors (Lipinski definition) is 4. The van der Waals surface area contributed by atoms with Gasteiger partial charge in [0, 0.05) is 32.8 Å². The van der Waals surface area contributed by atoms with E-state index >= 15 is 0 Å². The van der Waals surface area contributed by atoms with Crippen molar-refractivity contribution < 1.29 is 24.5 Å². The lowest BCUT2D eigenvalue weighted by molar-refractivity contribution is -0.141. The van der Waals surface area contributed by atoms with Gasteiger partial charge in [0.05, 0.1) is 12.3 Å². The van der Waals surface area contributed by atoms with Crippen LogP contribution in [0.4, 0.5) is 0 Å². The SMILES string of the molecule is CCOCCCN(CCC(=O)O)CC(C)C(=O)O. The molecule has 0 fully saturated rings. The summed E-state index contributed by atoms with van der Waals surface area (Å²) in [4.78, 5) is 23.2. The largest absolute Gasteiger partial charge is 0.481 e. The fourth-order valence-electron chi connectivity index (χ4n) is 1.55. The summed E-state index contributed by atoms with van der Waals surface area (Å²) >= 11 is 0. The standard InChI is InChI=1S/C12H23NO5/c1-3-18-8-4-6-13(7-5-11(14)15)9-10(2)12(16)17/h10H,3-9H2,1-2H3,(H,14,15)(H,16,17). The zero-order valence-electron chi connectivity index (χ0n) is 11.1. The minimum atomic E-state index is -0.868. The van der Waals surface area contributed by atoms with Crippen LogP contribution in [0.5, 0.6) is 0 Å². The zero-order valence-corrected chi connectivity index (χ0v) is 11.1. The van der Waals surface area contributed by atoms with Crippen molar-refractivity contribution in [2.24, 2.45) is 5.92 Å². The Morgan fingerprint density at radius 3 is 2.44 bits per heavy atom. The number of carbonyl (C=O) groups is 2. The summed E-state index contributed by atoms with van der Waals surface area (Å²) in [6, 6.07) is 0. The first-order chi connectivity index (χ1) is 8.47. The maximum absolute atomic E-state index is 10.8. The van der Waals surface area contributed by atoms with Crippen LogP contribution in [0.25, 0.3) is 0 Å². The van der Waals surface area contributed by atoms with Crippen molar-refractivity contribution in [3.8, 4) is 0 Å². The van der Waals surface area contributed by atoms with Crippen molar-refractivity contribution in [2.75, 3.05) is 32.8 Å².